The fraction of sp³-hybridized carbons (Fsp3) is 0.600. The molecule has 2 aromatic heterocycles. The molecule has 0 saturated heterocycles. The van der Waals surface area contributed by atoms with Crippen LogP contribution < -0.4 is 5.32 Å². The summed E-state index contributed by atoms with van der Waals surface area (Å²) in [7, 11) is 0. The van der Waals surface area contributed by atoms with E-state index in [1.54, 1.807) is 6.20 Å². The maximum Gasteiger partial charge on any atom is 0.155 e. The van der Waals surface area contributed by atoms with Gasteiger partial charge in [0.1, 0.15) is 4.60 Å². The van der Waals surface area contributed by atoms with Crippen molar-refractivity contribution in [1.82, 2.24) is 19.7 Å². The standard InChI is InChI=1S/C15H21BrN4/c1-11(12-5-3-2-4-6-12)17-7-13-8-19-15-9-18-14(16)10-20(13)15/h8-12,17H,2-7H2,1H3/t11-/m0/s1. The molecule has 1 atom stereocenters. The molecular formula is C15H21BrN4. The Labute approximate surface area is 128 Å². The van der Waals surface area contributed by atoms with Crippen LogP contribution in [0.1, 0.15) is 44.7 Å². The third-order valence-corrected chi connectivity index (χ3v) is 4.81. The normalized spacial score (nSPS) is 18.5. The highest BCUT2D eigenvalue weighted by atomic mass is 79.9. The summed E-state index contributed by atoms with van der Waals surface area (Å²) >= 11 is 3.41. The van der Waals surface area contributed by atoms with Gasteiger partial charge in [-0.25, -0.2) is 9.97 Å². The maximum absolute atomic E-state index is 4.39. The van der Waals surface area contributed by atoms with Crippen LogP contribution in [0.25, 0.3) is 5.65 Å². The largest absolute Gasteiger partial charge is 0.308 e. The summed E-state index contributed by atoms with van der Waals surface area (Å²) < 4.78 is 2.93. The number of hydrogen-bond donors (Lipinski definition) is 1. The Hall–Kier alpha value is -0.940. The monoisotopic (exact) mass is 336 g/mol. The molecule has 0 unspecified atom stereocenters. The SMILES string of the molecule is C[C@H](NCc1cnc2cnc(Br)cn12)C1CCCCC1. The van der Waals surface area contributed by atoms with Crippen LogP contribution >= 0.6 is 15.9 Å². The van der Waals surface area contributed by atoms with Gasteiger partial charge in [-0.15, -0.1) is 0 Å². The number of imidazole rings is 1. The zero-order valence-corrected chi connectivity index (χ0v) is 13.4. The second-order valence-corrected chi connectivity index (χ2v) is 6.57. The smallest absolute Gasteiger partial charge is 0.155 e. The van der Waals surface area contributed by atoms with Crippen molar-refractivity contribution in [1.29, 1.82) is 0 Å². The first-order valence-electron chi connectivity index (χ1n) is 7.45. The van der Waals surface area contributed by atoms with Crippen LogP contribution in [-0.4, -0.2) is 20.4 Å². The number of rotatable bonds is 4. The summed E-state index contributed by atoms with van der Waals surface area (Å²) in [5, 5.41) is 3.67. The van der Waals surface area contributed by atoms with E-state index in [0.29, 0.717) is 6.04 Å². The first kappa shape index (κ1) is 14.0. The highest BCUT2D eigenvalue weighted by molar-refractivity contribution is 9.10. The van der Waals surface area contributed by atoms with Crippen molar-refractivity contribution in [2.45, 2.75) is 51.6 Å². The molecule has 2 aromatic rings. The van der Waals surface area contributed by atoms with E-state index in [0.717, 1.165) is 22.7 Å². The second-order valence-electron chi connectivity index (χ2n) is 5.76. The van der Waals surface area contributed by atoms with E-state index in [2.05, 4.69) is 42.5 Å². The minimum atomic E-state index is 0.575. The topological polar surface area (TPSA) is 42.2 Å². The molecule has 0 amide bonds. The molecule has 0 aromatic carbocycles. The quantitative estimate of drug-likeness (QED) is 0.928. The molecule has 0 aliphatic heterocycles. The van der Waals surface area contributed by atoms with Gasteiger partial charge in [-0.3, -0.25) is 4.40 Å². The molecular weight excluding hydrogens is 316 g/mol. The average Bonchev–Trinajstić information content (AvgIpc) is 2.88. The van der Waals surface area contributed by atoms with Crippen LogP contribution in [0.15, 0.2) is 23.2 Å². The molecule has 108 valence electrons. The number of aromatic nitrogens is 3. The lowest BCUT2D eigenvalue weighted by Crippen LogP contribution is -2.34. The van der Waals surface area contributed by atoms with E-state index in [-0.39, 0.29) is 0 Å². The fourth-order valence-corrected chi connectivity index (χ4v) is 3.42. The van der Waals surface area contributed by atoms with E-state index in [1.807, 2.05) is 12.4 Å². The third-order valence-electron chi connectivity index (χ3n) is 4.40. The van der Waals surface area contributed by atoms with E-state index < -0.39 is 0 Å². The van der Waals surface area contributed by atoms with Gasteiger partial charge in [0.15, 0.2) is 5.65 Å². The summed E-state index contributed by atoms with van der Waals surface area (Å²) in [6, 6.07) is 0.575. The molecule has 1 saturated carbocycles. The summed E-state index contributed by atoms with van der Waals surface area (Å²) in [5.41, 5.74) is 2.08. The molecule has 3 rings (SSSR count). The zero-order chi connectivity index (χ0) is 13.9. The van der Waals surface area contributed by atoms with Crippen molar-refractivity contribution in [3.63, 3.8) is 0 Å². The molecule has 0 spiro atoms. The van der Waals surface area contributed by atoms with Crippen LogP contribution in [-0.2, 0) is 6.54 Å². The van der Waals surface area contributed by atoms with E-state index >= 15 is 0 Å². The van der Waals surface area contributed by atoms with E-state index in [1.165, 1.54) is 37.8 Å². The highest BCUT2D eigenvalue weighted by Gasteiger charge is 2.19. The number of nitrogens with one attached hydrogen (secondary N) is 1. The second kappa shape index (κ2) is 6.22. The molecule has 1 aliphatic carbocycles. The Morgan fingerprint density at radius 2 is 2.10 bits per heavy atom. The summed E-state index contributed by atoms with van der Waals surface area (Å²) in [6.07, 6.45) is 12.6. The first-order chi connectivity index (χ1) is 9.74. The van der Waals surface area contributed by atoms with Crippen LogP contribution in [0, 0.1) is 5.92 Å². The number of nitrogens with zero attached hydrogens (tertiary/aromatic N) is 3. The molecule has 2 heterocycles. The van der Waals surface area contributed by atoms with Gasteiger partial charge in [0.05, 0.1) is 18.1 Å². The van der Waals surface area contributed by atoms with Gasteiger partial charge in [0, 0.05) is 18.8 Å². The molecule has 5 heteroatoms. The Morgan fingerprint density at radius 3 is 2.90 bits per heavy atom. The van der Waals surface area contributed by atoms with Crippen LogP contribution in [0.2, 0.25) is 0 Å². The fourth-order valence-electron chi connectivity index (χ4n) is 3.11. The van der Waals surface area contributed by atoms with Crippen LogP contribution in [0.5, 0.6) is 0 Å². The minimum absolute atomic E-state index is 0.575. The Balaban J connectivity index is 1.65. The van der Waals surface area contributed by atoms with Gasteiger partial charge in [-0.1, -0.05) is 19.3 Å². The van der Waals surface area contributed by atoms with Crippen molar-refractivity contribution < 1.29 is 0 Å². The van der Waals surface area contributed by atoms with Gasteiger partial charge >= 0.3 is 0 Å². The van der Waals surface area contributed by atoms with Crippen molar-refractivity contribution in [3.05, 3.63) is 28.9 Å². The van der Waals surface area contributed by atoms with Crippen molar-refractivity contribution in [2.24, 2.45) is 5.92 Å². The molecule has 4 nitrogen and oxygen atoms in total. The number of fused-ring (bicyclic) bond motifs is 1. The Morgan fingerprint density at radius 1 is 1.30 bits per heavy atom. The Kier molecular flexibility index (Phi) is 4.36. The zero-order valence-electron chi connectivity index (χ0n) is 11.8. The molecule has 0 bridgehead atoms. The van der Waals surface area contributed by atoms with Crippen molar-refractivity contribution in [2.75, 3.05) is 0 Å². The lowest BCUT2D eigenvalue weighted by Gasteiger charge is -2.28. The molecule has 1 fully saturated rings. The molecule has 0 radical (unpaired) electrons. The highest BCUT2D eigenvalue weighted by Crippen LogP contribution is 2.26. The predicted molar refractivity (Wildman–Crippen MR) is 83.6 cm³/mol. The predicted octanol–water partition coefficient (Wildman–Crippen LogP) is 3.55. The third kappa shape index (κ3) is 3.04. The van der Waals surface area contributed by atoms with Gasteiger partial charge in [-0.05, 0) is 41.6 Å². The number of halogens is 1. The summed E-state index contributed by atoms with van der Waals surface area (Å²) in [6.45, 7) is 3.17. The van der Waals surface area contributed by atoms with E-state index in [4.69, 9.17) is 0 Å². The Bertz CT molecular complexity index is 574. The van der Waals surface area contributed by atoms with E-state index in [9.17, 15) is 0 Å². The van der Waals surface area contributed by atoms with Gasteiger partial charge < -0.3 is 5.32 Å². The lowest BCUT2D eigenvalue weighted by atomic mass is 9.84. The van der Waals surface area contributed by atoms with Gasteiger partial charge in [0.25, 0.3) is 0 Å². The van der Waals surface area contributed by atoms with Gasteiger partial charge in [-0.2, -0.15) is 0 Å². The first-order valence-corrected chi connectivity index (χ1v) is 8.24. The van der Waals surface area contributed by atoms with Crippen molar-refractivity contribution in [3.8, 4) is 0 Å². The molecule has 1 aliphatic rings. The lowest BCUT2D eigenvalue weighted by molar-refractivity contribution is 0.280. The van der Waals surface area contributed by atoms with Crippen LogP contribution in [0.3, 0.4) is 0 Å². The number of hydrogen-bond acceptors (Lipinski definition) is 3. The maximum atomic E-state index is 4.39. The minimum Gasteiger partial charge on any atom is -0.308 e. The van der Waals surface area contributed by atoms with Crippen molar-refractivity contribution >= 4 is 21.6 Å². The summed E-state index contributed by atoms with van der Waals surface area (Å²) in [5.74, 6) is 0.830. The average molecular weight is 337 g/mol. The van der Waals surface area contributed by atoms with Crippen LogP contribution in [0.4, 0.5) is 0 Å². The summed E-state index contributed by atoms with van der Waals surface area (Å²) in [4.78, 5) is 8.59. The molecule has 1 N–H and O–H groups in total. The van der Waals surface area contributed by atoms with Gasteiger partial charge in [0.2, 0.25) is 0 Å². The molecule has 20 heavy (non-hydrogen) atoms.